The molecule has 1 N–H and O–H groups in total. The van der Waals surface area contributed by atoms with Crippen molar-refractivity contribution in [3.8, 4) is 11.5 Å². The summed E-state index contributed by atoms with van der Waals surface area (Å²) in [5.74, 6) is 1.11. The minimum atomic E-state index is -0.547. The van der Waals surface area contributed by atoms with Gasteiger partial charge in [-0.2, -0.15) is 0 Å². The normalized spacial score (nSPS) is 17.6. The van der Waals surface area contributed by atoms with E-state index < -0.39 is 5.79 Å². The first kappa shape index (κ1) is 13.1. The number of ether oxygens (including phenoxy) is 2. The second-order valence-corrected chi connectivity index (χ2v) is 5.30. The van der Waals surface area contributed by atoms with Crippen LogP contribution in [0.15, 0.2) is 18.2 Å². The quantitative estimate of drug-likeness (QED) is 0.849. The van der Waals surface area contributed by atoms with Crippen LogP contribution in [0.5, 0.6) is 11.5 Å². The summed E-state index contributed by atoms with van der Waals surface area (Å²) >= 11 is 0. The Kier molecular flexibility index (Phi) is 3.69. The van der Waals surface area contributed by atoms with Gasteiger partial charge in [-0.3, -0.25) is 0 Å². The summed E-state index contributed by atoms with van der Waals surface area (Å²) < 4.78 is 11.4. The predicted octanol–water partition coefficient (Wildman–Crippen LogP) is 4.18. The van der Waals surface area contributed by atoms with Crippen molar-refractivity contribution in [2.75, 3.05) is 5.32 Å². The lowest BCUT2D eigenvalue weighted by Gasteiger charge is -2.17. The second kappa shape index (κ2) is 5.09. The molecule has 0 radical (unpaired) electrons. The molecule has 3 heteroatoms. The van der Waals surface area contributed by atoms with Gasteiger partial charge in [-0.1, -0.05) is 20.3 Å². The van der Waals surface area contributed by atoms with Crippen LogP contribution in [0, 0.1) is 0 Å². The number of hydrogen-bond acceptors (Lipinski definition) is 3. The zero-order chi connectivity index (χ0) is 13.2. The highest BCUT2D eigenvalue weighted by Crippen LogP contribution is 2.40. The summed E-state index contributed by atoms with van der Waals surface area (Å²) in [5.41, 5.74) is 1.11. The molecule has 1 aromatic rings. The molecule has 0 aromatic heterocycles. The lowest BCUT2D eigenvalue weighted by Crippen LogP contribution is -2.29. The Balaban J connectivity index is 2.09. The number of rotatable bonds is 5. The van der Waals surface area contributed by atoms with Crippen LogP contribution in [0.25, 0.3) is 0 Å². The van der Waals surface area contributed by atoms with Crippen molar-refractivity contribution in [1.29, 1.82) is 0 Å². The standard InChI is InChI=1S/C15H23NO2/c1-5-7-11(6-2)16-12-8-9-13-14(10-12)18-15(3,4)17-13/h8-11,16H,5-7H2,1-4H3. The fraction of sp³-hybridized carbons (Fsp3) is 0.600. The van der Waals surface area contributed by atoms with Crippen molar-refractivity contribution >= 4 is 5.69 Å². The maximum absolute atomic E-state index is 5.75. The summed E-state index contributed by atoms with van der Waals surface area (Å²) in [6.45, 7) is 8.27. The smallest absolute Gasteiger partial charge is 0.246 e. The SMILES string of the molecule is CCCC(CC)Nc1ccc2c(c1)OC(C)(C)O2. The zero-order valence-corrected chi connectivity index (χ0v) is 11.7. The third kappa shape index (κ3) is 2.89. The maximum atomic E-state index is 5.75. The molecule has 1 heterocycles. The van der Waals surface area contributed by atoms with Gasteiger partial charge in [0, 0.05) is 31.6 Å². The molecule has 1 aliphatic rings. The predicted molar refractivity (Wildman–Crippen MR) is 74.4 cm³/mol. The Hall–Kier alpha value is -1.38. The molecule has 3 nitrogen and oxygen atoms in total. The van der Waals surface area contributed by atoms with E-state index >= 15 is 0 Å². The first-order chi connectivity index (χ1) is 8.54. The Morgan fingerprint density at radius 2 is 1.89 bits per heavy atom. The van der Waals surface area contributed by atoms with E-state index in [1.165, 1.54) is 12.8 Å². The lowest BCUT2D eigenvalue weighted by atomic mass is 10.1. The van der Waals surface area contributed by atoms with Crippen LogP contribution in [0.1, 0.15) is 47.0 Å². The third-order valence-electron chi connectivity index (χ3n) is 3.16. The second-order valence-electron chi connectivity index (χ2n) is 5.30. The van der Waals surface area contributed by atoms with Crippen LogP contribution < -0.4 is 14.8 Å². The molecule has 1 atom stereocenters. The molecule has 0 spiro atoms. The highest BCUT2D eigenvalue weighted by molar-refractivity contribution is 5.56. The van der Waals surface area contributed by atoms with Crippen LogP contribution in [-0.4, -0.2) is 11.8 Å². The Morgan fingerprint density at radius 3 is 2.56 bits per heavy atom. The van der Waals surface area contributed by atoms with E-state index in [4.69, 9.17) is 9.47 Å². The van der Waals surface area contributed by atoms with Gasteiger partial charge in [-0.15, -0.1) is 0 Å². The van der Waals surface area contributed by atoms with Crippen LogP contribution in [0.3, 0.4) is 0 Å². The molecular weight excluding hydrogens is 226 g/mol. The highest BCUT2D eigenvalue weighted by atomic mass is 16.7. The molecule has 0 bridgehead atoms. The number of fused-ring (bicyclic) bond motifs is 1. The first-order valence-electron chi connectivity index (χ1n) is 6.82. The monoisotopic (exact) mass is 249 g/mol. The summed E-state index contributed by atoms with van der Waals surface area (Å²) in [5, 5.41) is 3.55. The molecule has 1 aliphatic heterocycles. The van der Waals surface area contributed by atoms with Gasteiger partial charge in [0.05, 0.1) is 0 Å². The van der Waals surface area contributed by atoms with Crippen LogP contribution >= 0.6 is 0 Å². The van der Waals surface area contributed by atoms with E-state index in [1.54, 1.807) is 0 Å². The summed E-state index contributed by atoms with van der Waals surface area (Å²) in [6.07, 6.45) is 3.52. The van der Waals surface area contributed by atoms with Gasteiger partial charge in [-0.05, 0) is 25.0 Å². The summed E-state index contributed by atoms with van der Waals surface area (Å²) in [4.78, 5) is 0. The van der Waals surface area contributed by atoms with Crippen molar-refractivity contribution in [2.24, 2.45) is 0 Å². The molecule has 2 rings (SSSR count). The summed E-state index contributed by atoms with van der Waals surface area (Å²) in [7, 11) is 0. The molecule has 0 fully saturated rings. The molecule has 100 valence electrons. The zero-order valence-electron chi connectivity index (χ0n) is 11.7. The third-order valence-corrected chi connectivity index (χ3v) is 3.16. The largest absolute Gasteiger partial charge is 0.449 e. The minimum absolute atomic E-state index is 0.531. The molecule has 0 amide bonds. The Bertz CT molecular complexity index is 415. The maximum Gasteiger partial charge on any atom is 0.246 e. The van der Waals surface area contributed by atoms with Gasteiger partial charge in [0.1, 0.15) is 0 Å². The van der Waals surface area contributed by atoms with Crippen molar-refractivity contribution in [3.63, 3.8) is 0 Å². The minimum Gasteiger partial charge on any atom is -0.449 e. The van der Waals surface area contributed by atoms with Gasteiger partial charge in [0.15, 0.2) is 11.5 Å². The number of anilines is 1. The average Bonchev–Trinajstić information content (AvgIpc) is 2.61. The fourth-order valence-corrected chi connectivity index (χ4v) is 2.27. The number of hydrogen-bond donors (Lipinski definition) is 1. The van der Waals surface area contributed by atoms with E-state index in [9.17, 15) is 0 Å². The number of benzene rings is 1. The Morgan fingerprint density at radius 1 is 1.17 bits per heavy atom. The van der Waals surface area contributed by atoms with Crippen molar-refractivity contribution in [3.05, 3.63) is 18.2 Å². The fourth-order valence-electron chi connectivity index (χ4n) is 2.27. The van der Waals surface area contributed by atoms with E-state index in [2.05, 4.69) is 25.2 Å². The van der Waals surface area contributed by atoms with Gasteiger partial charge in [0.25, 0.3) is 0 Å². The van der Waals surface area contributed by atoms with E-state index in [0.29, 0.717) is 6.04 Å². The average molecular weight is 249 g/mol. The van der Waals surface area contributed by atoms with E-state index in [1.807, 2.05) is 26.0 Å². The van der Waals surface area contributed by atoms with Crippen LogP contribution in [-0.2, 0) is 0 Å². The van der Waals surface area contributed by atoms with Crippen LogP contribution in [0.2, 0.25) is 0 Å². The van der Waals surface area contributed by atoms with Gasteiger partial charge in [-0.25, -0.2) is 0 Å². The Labute approximate surface area is 109 Å². The molecule has 18 heavy (non-hydrogen) atoms. The summed E-state index contributed by atoms with van der Waals surface area (Å²) in [6, 6.07) is 6.60. The van der Waals surface area contributed by atoms with E-state index in [0.717, 1.165) is 23.6 Å². The molecule has 1 aromatic carbocycles. The lowest BCUT2D eigenvalue weighted by molar-refractivity contribution is -0.0431. The molecular formula is C15H23NO2. The van der Waals surface area contributed by atoms with E-state index in [-0.39, 0.29) is 0 Å². The molecule has 0 aliphatic carbocycles. The van der Waals surface area contributed by atoms with Crippen molar-refractivity contribution in [2.45, 2.75) is 58.8 Å². The van der Waals surface area contributed by atoms with Gasteiger partial charge in [0.2, 0.25) is 5.79 Å². The van der Waals surface area contributed by atoms with Gasteiger partial charge < -0.3 is 14.8 Å². The molecule has 0 saturated carbocycles. The first-order valence-corrected chi connectivity index (χ1v) is 6.82. The molecule has 0 saturated heterocycles. The van der Waals surface area contributed by atoms with Crippen molar-refractivity contribution < 1.29 is 9.47 Å². The molecule has 1 unspecified atom stereocenters. The van der Waals surface area contributed by atoms with Gasteiger partial charge >= 0.3 is 0 Å². The van der Waals surface area contributed by atoms with Crippen LogP contribution in [0.4, 0.5) is 5.69 Å². The topological polar surface area (TPSA) is 30.5 Å². The van der Waals surface area contributed by atoms with Crippen molar-refractivity contribution in [1.82, 2.24) is 0 Å². The highest BCUT2D eigenvalue weighted by Gasteiger charge is 2.31. The number of nitrogens with one attached hydrogen (secondary N) is 1.